The molecule has 4 rings (SSSR count). The zero-order chi connectivity index (χ0) is 15.8. The lowest BCUT2D eigenvalue weighted by Gasteiger charge is -2.23. The van der Waals surface area contributed by atoms with Crippen LogP contribution in [0.25, 0.3) is 5.65 Å². The van der Waals surface area contributed by atoms with Crippen LogP contribution in [0, 0.1) is 6.92 Å². The molecule has 1 fully saturated rings. The summed E-state index contributed by atoms with van der Waals surface area (Å²) < 4.78 is 1.62. The summed E-state index contributed by atoms with van der Waals surface area (Å²) in [6, 6.07) is 1.75. The number of rotatable bonds is 2. The average molecular weight is 308 g/mol. The summed E-state index contributed by atoms with van der Waals surface area (Å²) >= 11 is 0. The van der Waals surface area contributed by atoms with Crippen molar-refractivity contribution in [3.63, 3.8) is 0 Å². The van der Waals surface area contributed by atoms with Crippen LogP contribution in [0.1, 0.15) is 40.6 Å². The number of fused-ring (bicyclic) bond motifs is 1. The fourth-order valence-electron chi connectivity index (χ4n) is 3.09. The van der Waals surface area contributed by atoms with Crippen molar-refractivity contribution in [2.75, 3.05) is 6.54 Å². The van der Waals surface area contributed by atoms with Gasteiger partial charge in [0, 0.05) is 25.1 Å². The molecule has 1 aliphatic heterocycles. The van der Waals surface area contributed by atoms with Crippen molar-refractivity contribution in [3.8, 4) is 0 Å². The van der Waals surface area contributed by atoms with Gasteiger partial charge in [-0.05, 0) is 25.8 Å². The van der Waals surface area contributed by atoms with Crippen LogP contribution in [-0.4, -0.2) is 41.9 Å². The van der Waals surface area contributed by atoms with E-state index in [1.165, 1.54) is 0 Å². The number of hydrogen-bond donors (Lipinski definition) is 0. The summed E-state index contributed by atoms with van der Waals surface area (Å²) in [5.41, 5.74) is 2.82. The maximum atomic E-state index is 13.0. The molecule has 1 saturated heterocycles. The number of aromatic nitrogens is 5. The molecule has 23 heavy (non-hydrogen) atoms. The van der Waals surface area contributed by atoms with Crippen molar-refractivity contribution in [1.82, 2.24) is 29.5 Å². The molecule has 7 nitrogen and oxygen atoms in total. The minimum absolute atomic E-state index is 0.0337. The Morgan fingerprint density at radius 1 is 1.30 bits per heavy atom. The molecule has 1 aliphatic rings. The zero-order valence-corrected chi connectivity index (χ0v) is 12.8. The Morgan fingerprint density at radius 3 is 3.09 bits per heavy atom. The Morgan fingerprint density at radius 2 is 2.22 bits per heavy atom. The van der Waals surface area contributed by atoms with E-state index in [0.29, 0.717) is 17.8 Å². The third-order valence-electron chi connectivity index (χ3n) is 4.14. The van der Waals surface area contributed by atoms with E-state index in [4.69, 9.17) is 0 Å². The first-order valence-electron chi connectivity index (χ1n) is 7.62. The standard InChI is InChI=1S/C16H16N6O/c1-11-8-17-10-13(20-11)14-4-2-6-21(14)16(23)12-9-19-22-7-3-5-18-15(12)22/h3,5,7-10,14H,2,4,6H2,1H3/t14-/m1/s1. The van der Waals surface area contributed by atoms with Crippen molar-refractivity contribution >= 4 is 11.6 Å². The molecular formula is C16H16N6O. The van der Waals surface area contributed by atoms with E-state index in [-0.39, 0.29) is 11.9 Å². The number of aryl methyl sites for hydroxylation is 1. The molecule has 0 N–H and O–H groups in total. The maximum Gasteiger partial charge on any atom is 0.259 e. The Labute approximate surface area is 133 Å². The number of likely N-dealkylation sites (tertiary alicyclic amines) is 1. The number of carbonyl (C=O) groups excluding carboxylic acids is 1. The minimum atomic E-state index is -0.0514. The van der Waals surface area contributed by atoms with E-state index < -0.39 is 0 Å². The van der Waals surface area contributed by atoms with E-state index >= 15 is 0 Å². The maximum absolute atomic E-state index is 13.0. The Bertz CT molecular complexity index is 874. The highest BCUT2D eigenvalue weighted by Crippen LogP contribution is 2.32. The van der Waals surface area contributed by atoms with Gasteiger partial charge < -0.3 is 4.90 Å². The van der Waals surface area contributed by atoms with E-state index in [0.717, 1.165) is 24.2 Å². The highest BCUT2D eigenvalue weighted by molar-refractivity contribution is 5.99. The molecule has 0 radical (unpaired) electrons. The number of carbonyl (C=O) groups is 1. The third-order valence-corrected chi connectivity index (χ3v) is 4.14. The molecule has 4 heterocycles. The summed E-state index contributed by atoms with van der Waals surface area (Å²) in [6.45, 7) is 2.62. The van der Waals surface area contributed by atoms with Gasteiger partial charge in [0.1, 0.15) is 5.56 Å². The summed E-state index contributed by atoms with van der Waals surface area (Å²) in [5, 5.41) is 4.20. The van der Waals surface area contributed by atoms with Gasteiger partial charge in [0.05, 0.1) is 29.8 Å². The van der Waals surface area contributed by atoms with Crippen molar-refractivity contribution in [2.45, 2.75) is 25.8 Å². The second-order valence-electron chi connectivity index (χ2n) is 5.69. The predicted octanol–water partition coefficient (Wildman–Crippen LogP) is 1.81. The number of hydrogen-bond acceptors (Lipinski definition) is 5. The molecule has 3 aromatic rings. The molecule has 1 amide bonds. The largest absolute Gasteiger partial charge is 0.330 e. The Balaban J connectivity index is 1.70. The van der Waals surface area contributed by atoms with Crippen LogP contribution in [-0.2, 0) is 0 Å². The first kappa shape index (κ1) is 13.8. The van der Waals surface area contributed by atoms with E-state index in [1.54, 1.807) is 41.6 Å². The van der Waals surface area contributed by atoms with Crippen LogP contribution in [0.2, 0.25) is 0 Å². The monoisotopic (exact) mass is 308 g/mol. The van der Waals surface area contributed by atoms with Crippen LogP contribution in [0.3, 0.4) is 0 Å². The molecule has 0 bridgehead atoms. The van der Waals surface area contributed by atoms with Gasteiger partial charge in [-0.2, -0.15) is 5.10 Å². The summed E-state index contributed by atoms with van der Waals surface area (Å²) in [5.74, 6) is -0.0514. The molecule has 0 aliphatic carbocycles. The summed E-state index contributed by atoms with van der Waals surface area (Å²) in [7, 11) is 0. The molecule has 0 spiro atoms. The highest BCUT2D eigenvalue weighted by atomic mass is 16.2. The van der Waals surface area contributed by atoms with E-state index in [9.17, 15) is 4.79 Å². The van der Waals surface area contributed by atoms with Crippen molar-refractivity contribution in [2.24, 2.45) is 0 Å². The molecule has 1 atom stereocenters. The quantitative estimate of drug-likeness (QED) is 0.721. The molecular weight excluding hydrogens is 292 g/mol. The van der Waals surface area contributed by atoms with Gasteiger partial charge in [-0.25, -0.2) is 9.50 Å². The van der Waals surface area contributed by atoms with Crippen molar-refractivity contribution in [3.05, 3.63) is 54.0 Å². The molecule has 7 heteroatoms. The van der Waals surface area contributed by atoms with E-state index in [2.05, 4.69) is 20.1 Å². The lowest BCUT2D eigenvalue weighted by atomic mass is 10.1. The molecule has 116 valence electrons. The molecule has 0 saturated carbocycles. The molecule has 3 aromatic heterocycles. The van der Waals surface area contributed by atoms with Crippen LogP contribution in [0.4, 0.5) is 0 Å². The van der Waals surface area contributed by atoms with Crippen molar-refractivity contribution < 1.29 is 4.79 Å². The molecule has 0 aromatic carbocycles. The second kappa shape index (κ2) is 5.42. The summed E-state index contributed by atoms with van der Waals surface area (Å²) in [4.78, 5) is 27.8. The predicted molar refractivity (Wildman–Crippen MR) is 82.8 cm³/mol. The first-order valence-corrected chi connectivity index (χ1v) is 7.62. The minimum Gasteiger partial charge on any atom is -0.330 e. The smallest absolute Gasteiger partial charge is 0.259 e. The Hall–Kier alpha value is -2.83. The molecule has 0 unspecified atom stereocenters. The van der Waals surface area contributed by atoms with Gasteiger partial charge in [-0.15, -0.1) is 0 Å². The lowest BCUT2D eigenvalue weighted by Crippen LogP contribution is -2.31. The van der Waals surface area contributed by atoms with Crippen LogP contribution in [0.15, 0.2) is 37.1 Å². The fraction of sp³-hybridized carbons (Fsp3) is 0.312. The SMILES string of the molecule is Cc1cncc([C@H]2CCCN2C(=O)c2cnn3cccnc23)n1. The van der Waals surface area contributed by atoms with Crippen LogP contribution in [0.5, 0.6) is 0 Å². The fourth-order valence-corrected chi connectivity index (χ4v) is 3.09. The highest BCUT2D eigenvalue weighted by Gasteiger charge is 2.33. The summed E-state index contributed by atoms with van der Waals surface area (Å²) in [6.07, 6.45) is 10.4. The Kier molecular flexibility index (Phi) is 3.25. The van der Waals surface area contributed by atoms with Gasteiger partial charge in [0.25, 0.3) is 5.91 Å². The van der Waals surface area contributed by atoms with Crippen molar-refractivity contribution in [1.29, 1.82) is 0 Å². The van der Waals surface area contributed by atoms with Gasteiger partial charge in [-0.1, -0.05) is 0 Å². The number of nitrogens with zero attached hydrogens (tertiary/aromatic N) is 6. The van der Waals surface area contributed by atoms with Crippen LogP contribution < -0.4 is 0 Å². The second-order valence-corrected chi connectivity index (χ2v) is 5.69. The lowest BCUT2D eigenvalue weighted by molar-refractivity contribution is 0.0734. The normalized spacial score (nSPS) is 17.8. The number of amides is 1. The van der Waals surface area contributed by atoms with Gasteiger partial charge in [-0.3, -0.25) is 14.8 Å². The van der Waals surface area contributed by atoms with Gasteiger partial charge in [0.2, 0.25) is 0 Å². The first-order chi connectivity index (χ1) is 11.2. The van der Waals surface area contributed by atoms with Gasteiger partial charge in [0.15, 0.2) is 5.65 Å². The average Bonchev–Trinajstić information content (AvgIpc) is 3.21. The topological polar surface area (TPSA) is 76.3 Å². The van der Waals surface area contributed by atoms with E-state index in [1.807, 2.05) is 11.8 Å². The van der Waals surface area contributed by atoms with Gasteiger partial charge >= 0.3 is 0 Å². The zero-order valence-electron chi connectivity index (χ0n) is 12.8. The third kappa shape index (κ3) is 2.34. The van der Waals surface area contributed by atoms with Crippen LogP contribution >= 0.6 is 0 Å².